The number of hydrogen-bond acceptors (Lipinski definition) is 7. The fourth-order valence-electron chi connectivity index (χ4n) is 3.77. The number of sulfonamides is 1. The van der Waals surface area contributed by atoms with Crippen LogP contribution in [0, 0.1) is 11.2 Å². The lowest BCUT2D eigenvalue weighted by atomic mass is 10.1. The van der Waals surface area contributed by atoms with Crippen LogP contribution in [0.3, 0.4) is 0 Å². The molecule has 4 amide bonds. The van der Waals surface area contributed by atoms with Crippen molar-refractivity contribution in [2.45, 2.75) is 12.3 Å². The van der Waals surface area contributed by atoms with Gasteiger partial charge in [0.15, 0.2) is 12.3 Å². The highest BCUT2D eigenvalue weighted by Gasteiger charge is 2.46. The number of amidine groups is 1. The maximum atomic E-state index is 13.7. The second-order valence-corrected chi connectivity index (χ2v) is 11.6. The molecule has 0 saturated carbocycles. The van der Waals surface area contributed by atoms with E-state index in [-0.39, 0.29) is 40.0 Å². The Morgan fingerprint density at radius 1 is 1.02 bits per heavy atom. The molecule has 0 radical (unpaired) electrons. The van der Waals surface area contributed by atoms with Crippen molar-refractivity contribution in [1.82, 2.24) is 9.21 Å². The van der Waals surface area contributed by atoms with Crippen LogP contribution in [-0.4, -0.2) is 45.8 Å². The fourth-order valence-corrected chi connectivity index (χ4v) is 5.56. The highest BCUT2D eigenvalue weighted by atomic mass is 35.5. The van der Waals surface area contributed by atoms with Gasteiger partial charge in [-0.05, 0) is 29.8 Å². The number of ether oxygens (including phenoxy) is 1. The number of amides is 4. The summed E-state index contributed by atoms with van der Waals surface area (Å²) in [5, 5.41) is 10.2. The Morgan fingerprint density at radius 3 is 2.34 bits per heavy atom. The third-order valence-corrected chi connectivity index (χ3v) is 8.46. The molecule has 3 aromatic rings. The van der Waals surface area contributed by atoms with E-state index in [9.17, 15) is 27.2 Å². The predicted molar refractivity (Wildman–Crippen MR) is 151 cm³/mol. The van der Waals surface area contributed by atoms with Crippen LogP contribution in [0.25, 0.3) is 0 Å². The van der Waals surface area contributed by atoms with Gasteiger partial charge < -0.3 is 27.3 Å². The number of nitrogens with one attached hydrogen (secondary N) is 2. The summed E-state index contributed by atoms with van der Waals surface area (Å²) in [5.41, 5.74) is 16.7. The monoisotopic (exact) mass is 605 g/mol. The largest absolute Gasteiger partial charge is 0.483 e. The number of urea groups is 1. The summed E-state index contributed by atoms with van der Waals surface area (Å²) in [4.78, 5) is 36.9. The maximum absolute atomic E-state index is 13.7. The van der Waals surface area contributed by atoms with Gasteiger partial charge >= 0.3 is 16.1 Å². The summed E-state index contributed by atoms with van der Waals surface area (Å²) in [6, 6.07) is 11.6. The maximum Gasteiger partial charge on any atom is 0.434 e. The Labute approximate surface area is 240 Å². The Balaban J connectivity index is 1.93. The molecule has 3 aromatic carbocycles. The van der Waals surface area contributed by atoms with Crippen LogP contribution in [-0.2, 0) is 27.1 Å². The molecule has 1 unspecified atom stereocenters. The molecule has 12 nitrogen and oxygen atoms in total. The molecule has 41 heavy (non-hydrogen) atoms. The van der Waals surface area contributed by atoms with E-state index in [1.165, 1.54) is 42.5 Å². The molecule has 216 valence electrons. The topological polar surface area (TPSA) is 209 Å². The number of carbonyl (C=O) groups excluding carboxylic acids is 3. The lowest BCUT2D eigenvalue weighted by Gasteiger charge is -2.28. The lowest BCUT2D eigenvalue weighted by Crippen LogP contribution is -2.58. The van der Waals surface area contributed by atoms with Crippen molar-refractivity contribution in [2.24, 2.45) is 17.2 Å². The van der Waals surface area contributed by atoms with Gasteiger partial charge in [0.25, 0.3) is 11.8 Å². The highest BCUT2D eigenvalue weighted by Crippen LogP contribution is 2.32. The summed E-state index contributed by atoms with van der Waals surface area (Å²) in [6.45, 7) is -0.597. The molecule has 0 heterocycles. The van der Waals surface area contributed by atoms with Crippen LogP contribution < -0.4 is 31.1 Å². The van der Waals surface area contributed by atoms with Gasteiger partial charge in [0.05, 0.1) is 7.05 Å². The highest BCUT2D eigenvalue weighted by molar-refractivity contribution is 7.90. The van der Waals surface area contributed by atoms with Gasteiger partial charge in [-0.15, -0.1) is 3.89 Å². The van der Waals surface area contributed by atoms with Gasteiger partial charge in [0, 0.05) is 40.4 Å². The van der Waals surface area contributed by atoms with E-state index in [2.05, 4.69) is 5.32 Å². The molecule has 1 atom stereocenters. The number of halogens is 2. The van der Waals surface area contributed by atoms with Crippen molar-refractivity contribution < 1.29 is 31.9 Å². The molecule has 0 bridgehead atoms. The molecular weight excluding hydrogens is 579 g/mol. The van der Waals surface area contributed by atoms with E-state index in [0.717, 1.165) is 25.2 Å². The van der Waals surface area contributed by atoms with Gasteiger partial charge in [-0.2, -0.15) is 8.42 Å². The second-order valence-electron chi connectivity index (χ2n) is 8.99. The number of rotatable bonds is 11. The molecule has 0 aromatic heterocycles. The molecule has 15 heteroatoms. The lowest BCUT2D eigenvalue weighted by molar-refractivity contribution is -0.119. The third kappa shape index (κ3) is 7.16. The Morgan fingerprint density at radius 2 is 1.73 bits per heavy atom. The van der Waals surface area contributed by atoms with E-state index in [1.807, 2.05) is 0 Å². The van der Waals surface area contributed by atoms with E-state index in [1.54, 1.807) is 0 Å². The number of benzene rings is 3. The van der Waals surface area contributed by atoms with Gasteiger partial charge in [0.1, 0.15) is 23.2 Å². The predicted octanol–water partition coefficient (Wildman–Crippen LogP) is 2.10. The Hall–Kier alpha value is -4.53. The molecule has 0 aliphatic rings. The zero-order valence-corrected chi connectivity index (χ0v) is 23.3. The minimum Gasteiger partial charge on any atom is -0.483 e. The van der Waals surface area contributed by atoms with Gasteiger partial charge in [0.2, 0.25) is 0 Å². The molecule has 0 aliphatic heterocycles. The zero-order chi connectivity index (χ0) is 30.5. The van der Waals surface area contributed by atoms with E-state index >= 15 is 0 Å². The molecule has 8 N–H and O–H groups in total. The minimum atomic E-state index is -4.46. The van der Waals surface area contributed by atoms with Crippen molar-refractivity contribution >= 4 is 51.0 Å². The third-order valence-electron chi connectivity index (χ3n) is 6.04. The number of nitrogen functional groups attached to an aromatic ring is 1. The quantitative estimate of drug-likeness (QED) is 0.125. The SMILES string of the molecule is C[N+](C(N)=O)(c1cc(Cl)cc(C(=O)NCc2ccc(C(=N)N)cc2OCC(N)=O)c1)S(=O)(=O)Cc1cccc(F)c1. The number of primary amides is 2. The molecule has 0 aliphatic carbocycles. The molecule has 0 fully saturated rings. The first kappa shape index (κ1) is 31.0. The van der Waals surface area contributed by atoms with Crippen molar-refractivity contribution in [3.05, 3.63) is 93.8 Å². The second kappa shape index (κ2) is 12.3. The average Bonchev–Trinajstić information content (AvgIpc) is 2.89. The van der Waals surface area contributed by atoms with Gasteiger partial charge in [-0.1, -0.05) is 35.9 Å². The number of nitrogens with zero attached hydrogens (tertiary/aromatic N) is 1. The van der Waals surface area contributed by atoms with Crippen molar-refractivity contribution in [2.75, 3.05) is 13.7 Å². The normalized spacial score (nSPS) is 12.7. The molecular formula is C26H27ClFN6O6S+. The van der Waals surface area contributed by atoms with Crippen LogP contribution in [0.1, 0.15) is 27.0 Å². The summed E-state index contributed by atoms with van der Waals surface area (Å²) in [7, 11) is -3.43. The van der Waals surface area contributed by atoms with E-state index in [0.29, 0.717) is 11.1 Å². The van der Waals surface area contributed by atoms with E-state index in [4.69, 9.17) is 38.9 Å². The number of quaternary nitrogens is 1. The fraction of sp³-hybridized carbons (Fsp3) is 0.154. The first-order chi connectivity index (χ1) is 19.1. The van der Waals surface area contributed by atoms with Crippen molar-refractivity contribution in [1.29, 1.82) is 5.41 Å². The number of nitrogens with two attached hydrogens (primary N) is 3. The minimum absolute atomic E-state index is 0.0597. The summed E-state index contributed by atoms with van der Waals surface area (Å²) < 4.78 is 44.5. The summed E-state index contributed by atoms with van der Waals surface area (Å²) in [6.07, 6.45) is 0. The van der Waals surface area contributed by atoms with Crippen LogP contribution in [0.4, 0.5) is 14.9 Å². The van der Waals surface area contributed by atoms with Crippen LogP contribution >= 0.6 is 11.6 Å². The Bertz CT molecular complexity index is 1650. The van der Waals surface area contributed by atoms with Crippen LogP contribution in [0.5, 0.6) is 5.75 Å². The average molecular weight is 606 g/mol. The number of hydrogen-bond donors (Lipinski definition) is 5. The van der Waals surface area contributed by atoms with Crippen LogP contribution in [0.15, 0.2) is 60.7 Å². The zero-order valence-electron chi connectivity index (χ0n) is 21.7. The first-order valence-corrected chi connectivity index (χ1v) is 13.7. The smallest absolute Gasteiger partial charge is 0.434 e. The van der Waals surface area contributed by atoms with Crippen molar-refractivity contribution in [3.63, 3.8) is 0 Å². The van der Waals surface area contributed by atoms with Crippen molar-refractivity contribution in [3.8, 4) is 5.75 Å². The van der Waals surface area contributed by atoms with Crippen LogP contribution in [0.2, 0.25) is 5.02 Å². The van der Waals surface area contributed by atoms with Gasteiger partial charge in [-0.25, -0.2) is 9.18 Å². The summed E-state index contributed by atoms with van der Waals surface area (Å²) in [5.74, 6) is -2.95. The summed E-state index contributed by atoms with van der Waals surface area (Å²) >= 11 is 6.21. The Kier molecular flexibility index (Phi) is 9.32. The molecule has 0 saturated heterocycles. The van der Waals surface area contributed by atoms with E-state index < -0.39 is 49.9 Å². The van der Waals surface area contributed by atoms with Gasteiger partial charge in [-0.3, -0.25) is 15.0 Å². The molecule has 3 rings (SSSR count). The standard InChI is InChI=1S/C26H26ClFN6O6S/c1-34(26(32)37,41(38,39)14-15-3-2-4-20(28)7-15)21-9-18(8-19(27)11-21)25(36)33-12-17-6-5-16(24(30)31)10-22(17)40-13-23(29)35/h2-11H,12-14H2,1H3,(H7-,29,30,31,32,33,35,36,37)/p+1. The first-order valence-electron chi connectivity index (χ1n) is 11.8. The molecule has 0 spiro atoms. The number of carbonyl (C=O) groups is 3.